The number of aromatic nitrogens is 2. The molecule has 11 nitrogen and oxygen atoms in total. The molecule has 0 amide bonds. The predicted molar refractivity (Wildman–Crippen MR) is 94.5 cm³/mol. The molecule has 11 heteroatoms. The van der Waals surface area contributed by atoms with Crippen molar-refractivity contribution in [2.45, 2.75) is 38.1 Å². The fourth-order valence-electron chi connectivity index (χ4n) is 2.98. The van der Waals surface area contributed by atoms with E-state index in [1.54, 1.807) is 12.1 Å². The number of nitrogens with one attached hydrogen (secondary N) is 1. The molecule has 3 atom stereocenters. The highest BCUT2D eigenvalue weighted by Crippen LogP contribution is 2.27. The van der Waals surface area contributed by atoms with Gasteiger partial charge in [0.05, 0.1) is 42.0 Å². The maximum absolute atomic E-state index is 12.1. The van der Waals surface area contributed by atoms with Crippen LogP contribution in [0, 0.1) is 10.1 Å². The fraction of sp³-hybridized carbons (Fsp3) is 0.412. The van der Waals surface area contributed by atoms with E-state index in [4.69, 9.17) is 14.6 Å². The summed E-state index contributed by atoms with van der Waals surface area (Å²) in [7, 11) is 0. The predicted octanol–water partition coefficient (Wildman–Crippen LogP) is -0.198. The lowest BCUT2D eigenvalue weighted by Gasteiger charge is -2.15. The molecular formula is C17H19N3O8. The van der Waals surface area contributed by atoms with Crippen molar-refractivity contribution in [3.63, 3.8) is 0 Å². The Labute approximate surface area is 157 Å². The van der Waals surface area contributed by atoms with Crippen molar-refractivity contribution in [1.29, 1.82) is 0 Å². The summed E-state index contributed by atoms with van der Waals surface area (Å²) in [4.78, 5) is 36.7. The van der Waals surface area contributed by atoms with Crippen LogP contribution in [-0.2, 0) is 22.7 Å². The van der Waals surface area contributed by atoms with Crippen LogP contribution in [0.1, 0.15) is 23.8 Å². The van der Waals surface area contributed by atoms with Crippen LogP contribution in [0.4, 0.5) is 5.69 Å². The fourth-order valence-corrected chi connectivity index (χ4v) is 2.98. The molecule has 0 unspecified atom stereocenters. The van der Waals surface area contributed by atoms with Crippen LogP contribution in [-0.4, -0.2) is 43.5 Å². The number of benzene rings is 1. The van der Waals surface area contributed by atoms with E-state index in [9.17, 15) is 24.8 Å². The first-order valence-electron chi connectivity index (χ1n) is 8.49. The zero-order valence-corrected chi connectivity index (χ0v) is 14.7. The smallest absolute Gasteiger partial charge is 0.330 e. The second-order valence-corrected chi connectivity index (χ2v) is 6.31. The number of hydrogen-bond donors (Lipinski definition) is 3. The molecule has 1 aromatic heterocycles. The molecule has 1 saturated heterocycles. The summed E-state index contributed by atoms with van der Waals surface area (Å²) >= 11 is 0. The van der Waals surface area contributed by atoms with Gasteiger partial charge < -0.3 is 19.7 Å². The Morgan fingerprint density at radius 2 is 2.00 bits per heavy atom. The van der Waals surface area contributed by atoms with E-state index in [1.165, 1.54) is 18.3 Å². The Morgan fingerprint density at radius 1 is 1.29 bits per heavy atom. The number of H-pyrrole nitrogens is 1. The summed E-state index contributed by atoms with van der Waals surface area (Å²) in [5.41, 5.74) is -0.997. The summed E-state index contributed by atoms with van der Waals surface area (Å²) in [5, 5.41) is 30.0. The van der Waals surface area contributed by atoms with E-state index >= 15 is 0 Å². The Kier molecular flexibility index (Phi) is 5.99. The second-order valence-electron chi connectivity index (χ2n) is 6.31. The number of para-hydroxylation sites is 1. The van der Waals surface area contributed by atoms with Crippen molar-refractivity contribution >= 4 is 5.69 Å². The maximum Gasteiger partial charge on any atom is 0.330 e. The van der Waals surface area contributed by atoms with Gasteiger partial charge in [-0.25, -0.2) is 4.79 Å². The highest BCUT2D eigenvalue weighted by molar-refractivity contribution is 5.39. The normalized spacial score (nSPS) is 21.7. The molecule has 0 aliphatic carbocycles. The van der Waals surface area contributed by atoms with E-state index < -0.39 is 41.2 Å². The van der Waals surface area contributed by atoms with E-state index in [2.05, 4.69) is 4.98 Å². The van der Waals surface area contributed by atoms with E-state index in [0.717, 1.165) is 4.57 Å². The van der Waals surface area contributed by atoms with Gasteiger partial charge >= 0.3 is 5.69 Å². The third-order valence-corrected chi connectivity index (χ3v) is 4.44. The number of nitro benzene ring substituents is 1. The van der Waals surface area contributed by atoms with Crippen LogP contribution < -0.4 is 11.2 Å². The quantitative estimate of drug-likeness (QED) is 0.431. The Hall–Kier alpha value is -2.86. The highest BCUT2D eigenvalue weighted by Gasteiger charge is 2.35. The van der Waals surface area contributed by atoms with Crippen LogP contribution in [0.15, 0.2) is 40.1 Å². The second kappa shape index (κ2) is 8.44. The topological polar surface area (TPSA) is 157 Å². The monoisotopic (exact) mass is 393 g/mol. The van der Waals surface area contributed by atoms with Gasteiger partial charge in [-0.15, -0.1) is 0 Å². The summed E-state index contributed by atoms with van der Waals surface area (Å²) in [6.45, 7) is -0.692. The Bertz CT molecular complexity index is 969. The van der Waals surface area contributed by atoms with Gasteiger partial charge in [0.25, 0.3) is 11.2 Å². The first-order chi connectivity index (χ1) is 13.4. The molecule has 0 radical (unpaired) electrons. The highest BCUT2D eigenvalue weighted by atomic mass is 16.6. The summed E-state index contributed by atoms with van der Waals surface area (Å²) in [6.07, 6.45) is -1.26. The molecule has 1 aliphatic heterocycles. The van der Waals surface area contributed by atoms with Crippen LogP contribution >= 0.6 is 0 Å². The van der Waals surface area contributed by atoms with Crippen molar-refractivity contribution in [2.75, 3.05) is 6.61 Å². The number of aromatic amines is 1. The molecule has 2 aromatic rings. The van der Waals surface area contributed by atoms with Gasteiger partial charge in [-0.05, 0) is 6.07 Å². The van der Waals surface area contributed by atoms with Crippen molar-refractivity contribution in [3.8, 4) is 0 Å². The summed E-state index contributed by atoms with van der Waals surface area (Å²) < 4.78 is 12.0. The molecule has 0 bridgehead atoms. The number of hydrogen-bond acceptors (Lipinski definition) is 8. The third kappa shape index (κ3) is 4.17. The summed E-state index contributed by atoms with van der Waals surface area (Å²) in [6, 6.07) is 6.08. The molecule has 1 fully saturated rings. The third-order valence-electron chi connectivity index (χ3n) is 4.44. The Morgan fingerprint density at radius 3 is 2.68 bits per heavy atom. The average molecular weight is 393 g/mol. The van der Waals surface area contributed by atoms with Gasteiger partial charge in [0.2, 0.25) is 0 Å². The molecule has 28 heavy (non-hydrogen) atoms. The number of aliphatic hydroxyl groups excluding tert-OH is 2. The molecule has 1 aliphatic rings. The lowest BCUT2D eigenvalue weighted by molar-refractivity contribution is -0.386. The molecule has 3 rings (SSSR count). The largest absolute Gasteiger partial charge is 0.394 e. The molecule has 1 aromatic carbocycles. The van der Waals surface area contributed by atoms with E-state index in [1.807, 2.05) is 0 Å². The summed E-state index contributed by atoms with van der Waals surface area (Å²) in [5.74, 6) is 0. The number of ether oxygens (including phenoxy) is 2. The molecule has 0 spiro atoms. The number of nitrogens with zero attached hydrogens (tertiary/aromatic N) is 2. The number of aliphatic hydroxyl groups is 2. The van der Waals surface area contributed by atoms with Crippen LogP contribution in [0.25, 0.3) is 0 Å². The molecule has 2 heterocycles. The van der Waals surface area contributed by atoms with Crippen LogP contribution in [0.5, 0.6) is 0 Å². The van der Waals surface area contributed by atoms with Gasteiger partial charge in [0, 0.05) is 18.7 Å². The zero-order valence-electron chi connectivity index (χ0n) is 14.7. The van der Waals surface area contributed by atoms with Crippen LogP contribution in [0.2, 0.25) is 0 Å². The van der Waals surface area contributed by atoms with Crippen molar-refractivity contribution in [2.24, 2.45) is 0 Å². The van der Waals surface area contributed by atoms with Crippen molar-refractivity contribution in [3.05, 3.63) is 72.5 Å². The average Bonchev–Trinajstić information content (AvgIpc) is 3.04. The van der Waals surface area contributed by atoms with Crippen LogP contribution in [0.3, 0.4) is 0 Å². The molecule has 150 valence electrons. The maximum atomic E-state index is 12.1. The molecular weight excluding hydrogens is 374 g/mol. The lowest BCUT2D eigenvalue weighted by atomic mass is 10.2. The molecule has 3 N–H and O–H groups in total. The minimum atomic E-state index is -0.938. The van der Waals surface area contributed by atoms with Gasteiger partial charge in [0.1, 0.15) is 12.3 Å². The molecule has 0 saturated carbocycles. The van der Waals surface area contributed by atoms with Gasteiger partial charge in [-0.1, -0.05) is 12.1 Å². The minimum Gasteiger partial charge on any atom is -0.394 e. The van der Waals surface area contributed by atoms with Gasteiger partial charge in [-0.3, -0.25) is 24.5 Å². The van der Waals surface area contributed by atoms with Gasteiger partial charge in [-0.2, -0.15) is 0 Å². The van der Waals surface area contributed by atoms with E-state index in [-0.39, 0.29) is 30.9 Å². The number of nitro groups is 1. The SMILES string of the molecule is O=c1[nH]c(=O)n([C@H]2C[C@H](O)[C@@H](CO)O2)cc1COCc1ccccc1[N+](=O)[O-]. The van der Waals surface area contributed by atoms with E-state index in [0.29, 0.717) is 5.56 Å². The Balaban J connectivity index is 1.74. The lowest BCUT2D eigenvalue weighted by Crippen LogP contribution is -2.34. The first kappa shape index (κ1) is 19.9. The minimum absolute atomic E-state index is 0.0771. The standard InChI is InChI=1S/C17H19N3O8/c21-7-14-13(22)5-15(28-14)19-6-11(16(23)18-17(19)24)9-27-8-10-3-1-2-4-12(10)20(25)26/h1-4,6,13-15,21-22H,5,7-9H2,(H,18,23,24)/t13-,14+,15+/m0/s1. The number of rotatable bonds is 7. The zero-order chi connectivity index (χ0) is 20.3. The van der Waals surface area contributed by atoms with Crippen molar-refractivity contribution in [1.82, 2.24) is 9.55 Å². The van der Waals surface area contributed by atoms with Gasteiger partial charge in [0.15, 0.2) is 0 Å². The van der Waals surface area contributed by atoms with Crippen molar-refractivity contribution < 1.29 is 24.6 Å². The first-order valence-corrected chi connectivity index (χ1v) is 8.49.